The van der Waals surface area contributed by atoms with Crippen LogP contribution in [0.3, 0.4) is 0 Å². The molecule has 1 unspecified atom stereocenters. The third-order valence-electron chi connectivity index (χ3n) is 4.36. The molecular formula is C14H29BN2O3. The van der Waals surface area contributed by atoms with Gasteiger partial charge in [-0.1, -0.05) is 19.2 Å². The third-order valence-corrected chi connectivity index (χ3v) is 4.36. The molecule has 2 atom stereocenters. The predicted molar refractivity (Wildman–Crippen MR) is 82.8 cm³/mol. The molecule has 0 spiro atoms. The smallest absolute Gasteiger partial charge is 0.323 e. The summed E-state index contributed by atoms with van der Waals surface area (Å²) in [6.07, 6.45) is 6.40. The van der Waals surface area contributed by atoms with E-state index < -0.39 is 11.5 Å². The highest BCUT2D eigenvalue weighted by Gasteiger charge is 2.35. The number of ether oxygens (including phenoxy) is 1. The minimum absolute atomic E-state index is 0.425. The van der Waals surface area contributed by atoms with Crippen molar-refractivity contribution in [2.45, 2.75) is 56.4 Å². The van der Waals surface area contributed by atoms with Crippen molar-refractivity contribution in [3.8, 4) is 0 Å². The molecule has 0 aliphatic carbocycles. The Morgan fingerprint density at radius 3 is 2.85 bits per heavy atom. The van der Waals surface area contributed by atoms with E-state index in [0.717, 1.165) is 51.7 Å². The van der Waals surface area contributed by atoms with Crippen LogP contribution < -0.4 is 5.73 Å². The highest BCUT2D eigenvalue weighted by molar-refractivity contribution is 6.08. The van der Waals surface area contributed by atoms with Gasteiger partial charge in [0.2, 0.25) is 0 Å². The number of rotatable bonds is 10. The number of hydrogen-bond donors (Lipinski definition) is 2. The van der Waals surface area contributed by atoms with Gasteiger partial charge in [-0.2, -0.15) is 0 Å². The number of nitrogens with two attached hydrogens (primary N) is 1. The normalized spacial score (nSPS) is 22.8. The van der Waals surface area contributed by atoms with Crippen LogP contribution in [-0.4, -0.2) is 62.2 Å². The third kappa shape index (κ3) is 5.07. The fraction of sp³-hybridized carbons (Fsp3) is 0.929. The van der Waals surface area contributed by atoms with Crippen molar-refractivity contribution in [1.82, 2.24) is 4.90 Å². The van der Waals surface area contributed by atoms with Gasteiger partial charge in [0.05, 0.1) is 6.61 Å². The van der Waals surface area contributed by atoms with Crippen LogP contribution in [0.25, 0.3) is 0 Å². The Morgan fingerprint density at radius 2 is 2.25 bits per heavy atom. The Morgan fingerprint density at radius 1 is 1.50 bits per heavy atom. The van der Waals surface area contributed by atoms with Crippen LogP contribution in [0.15, 0.2) is 0 Å². The van der Waals surface area contributed by atoms with E-state index in [9.17, 15) is 9.90 Å². The van der Waals surface area contributed by atoms with E-state index in [-0.39, 0.29) is 0 Å². The number of carboxylic acids is 1. The summed E-state index contributed by atoms with van der Waals surface area (Å²) >= 11 is 0. The number of nitrogens with zero attached hydrogens (tertiary/aromatic N) is 1. The van der Waals surface area contributed by atoms with Gasteiger partial charge in [-0.25, -0.2) is 0 Å². The van der Waals surface area contributed by atoms with Gasteiger partial charge in [-0.15, -0.1) is 0 Å². The van der Waals surface area contributed by atoms with Crippen molar-refractivity contribution in [2.24, 2.45) is 5.73 Å². The highest BCUT2D eigenvalue weighted by atomic mass is 16.5. The minimum atomic E-state index is -1.07. The molecule has 1 fully saturated rings. The van der Waals surface area contributed by atoms with E-state index in [2.05, 4.69) is 12.7 Å². The molecule has 1 aliphatic heterocycles. The zero-order valence-corrected chi connectivity index (χ0v) is 12.9. The van der Waals surface area contributed by atoms with Crippen LogP contribution in [0.5, 0.6) is 0 Å². The average molecular weight is 284 g/mol. The van der Waals surface area contributed by atoms with E-state index in [1.807, 2.05) is 0 Å². The van der Waals surface area contributed by atoms with Crippen LogP contribution in [0.1, 0.15) is 38.5 Å². The van der Waals surface area contributed by atoms with Crippen molar-refractivity contribution in [3.63, 3.8) is 0 Å². The summed E-state index contributed by atoms with van der Waals surface area (Å²) < 4.78 is 5.23. The van der Waals surface area contributed by atoms with Crippen molar-refractivity contribution in [2.75, 3.05) is 26.8 Å². The largest absolute Gasteiger partial charge is 0.480 e. The van der Waals surface area contributed by atoms with Crippen LogP contribution in [0.4, 0.5) is 0 Å². The Kier molecular flexibility index (Phi) is 7.55. The summed E-state index contributed by atoms with van der Waals surface area (Å²) in [6, 6.07) is 0.425. The zero-order valence-electron chi connectivity index (χ0n) is 12.9. The molecule has 0 bridgehead atoms. The Hall–Kier alpha value is -0.585. The number of hydrogen-bond acceptors (Lipinski definition) is 4. The van der Waals surface area contributed by atoms with Crippen LogP contribution in [0, 0.1) is 0 Å². The summed E-state index contributed by atoms with van der Waals surface area (Å²) in [5.74, 6) is -0.865. The summed E-state index contributed by atoms with van der Waals surface area (Å²) in [6.45, 7) is 2.50. The first-order chi connectivity index (χ1) is 9.53. The number of aliphatic carboxylic acids is 1. The van der Waals surface area contributed by atoms with Gasteiger partial charge in [0, 0.05) is 19.7 Å². The molecule has 1 saturated heterocycles. The molecule has 116 valence electrons. The summed E-state index contributed by atoms with van der Waals surface area (Å²) in [4.78, 5) is 13.8. The molecule has 0 amide bonds. The summed E-state index contributed by atoms with van der Waals surface area (Å²) in [7, 11) is 3.82. The second-order valence-electron chi connectivity index (χ2n) is 5.96. The highest BCUT2D eigenvalue weighted by Crippen LogP contribution is 2.22. The van der Waals surface area contributed by atoms with E-state index in [1.54, 1.807) is 7.11 Å². The van der Waals surface area contributed by atoms with E-state index in [1.165, 1.54) is 0 Å². The molecule has 5 nitrogen and oxygen atoms in total. The number of carbonyl (C=O) groups is 1. The molecule has 6 heteroatoms. The van der Waals surface area contributed by atoms with E-state index in [0.29, 0.717) is 18.9 Å². The number of carboxylic acid groups (broad SMARTS) is 1. The topological polar surface area (TPSA) is 75.8 Å². The summed E-state index contributed by atoms with van der Waals surface area (Å²) in [5, 5.41) is 9.41. The maximum absolute atomic E-state index is 11.5. The molecule has 0 aromatic carbocycles. The van der Waals surface area contributed by atoms with Crippen molar-refractivity contribution in [1.29, 1.82) is 0 Å². The fourth-order valence-electron chi connectivity index (χ4n) is 2.94. The molecule has 0 aromatic heterocycles. The van der Waals surface area contributed by atoms with Gasteiger partial charge in [0.15, 0.2) is 0 Å². The SMILES string of the molecule is BCCCC[C@@](N)(CCN1CCCC1COC)C(=O)O. The maximum atomic E-state index is 11.5. The van der Waals surface area contributed by atoms with Crippen molar-refractivity contribution >= 4 is 13.8 Å². The van der Waals surface area contributed by atoms with Gasteiger partial charge in [-0.05, 0) is 32.2 Å². The molecular weight excluding hydrogens is 255 g/mol. The minimum Gasteiger partial charge on any atom is -0.480 e. The second-order valence-corrected chi connectivity index (χ2v) is 5.96. The lowest BCUT2D eigenvalue weighted by molar-refractivity contribution is -0.144. The standard InChI is InChI=1S/C14H29BN2O3/c1-20-11-12-5-4-9-17(12)10-7-14(16,13(18)19)6-2-3-8-15/h12H,2-11,15-16H2,1H3,(H,18,19)/t12?,14-/m1/s1. The first-order valence-corrected chi connectivity index (χ1v) is 7.78. The van der Waals surface area contributed by atoms with Gasteiger partial charge in [0.1, 0.15) is 13.4 Å². The monoisotopic (exact) mass is 284 g/mol. The number of unbranched alkanes of at least 4 members (excludes halogenated alkanes) is 1. The molecule has 1 rings (SSSR count). The first kappa shape index (κ1) is 17.5. The second kappa shape index (κ2) is 8.65. The van der Waals surface area contributed by atoms with Gasteiger partial charge < -0.3 is 15.6 Å². The van der Waals surface area contributed by atoms with Crippen molar-refractivity contribution in [3.05, 3.63) is 0 Å². The Balaban J connectivity index is 2.47. The molecule has 0 saturated carbocycles. The molecule has 1 aliphatic rings. The molecule has 3 N–H and O–H groups in total. The number of likely N-dealkylation sites (tertiary alicyclic amines) is 1. The van der Waals surface area contributed by atoms with Crippen LogP contribution in [-0.2, 0) is 9.53 Å². The number of methoxy groups -OCH3 is 1. The Bertz CT molecular complexity index is 304. The lowest BCUT2D eigenvalue weighted by Gasteiger charge is -2.30. The lowest BCUT2D eigenvalue weighted by atomic mass is 9.88. The van der Waals surface area contributed by atoms with E-state index in [4.69, 9.17) is 10.5 Å². The molecule has 1 heterocycles. The van der Waals surface area contributed by atoms with Gasteiger partial charge in [-0.3, -0.25) is 9.69 Å². The Labute approximate surface area is 123 Å². The van der Waals surface area contributed by atoms with Crippen molar-refractivity contribution < 1.29 is 14.6 Å². The maximum Gasteiger partial charge on any atom is 0.323 e. The predicted octanol–water partition coefficient (Wildman–Crippen LogP) is 0.491. The lowest BCUT2D eigenvalue weighted by Crippen LogP contribution is -2.50. The van der Waals surface area contributed by atoms with E-state index >= 15 is 0 Å². The molecule has 0 aromatic rings. The first-order valence-electron chi connectivity index (χ1n) is 7.78. The molecule has 0 radical (unpaired) electrons. The average Bonchev–Trinajstić information content (AvgIpc) is 2.84. The molecule has 20 heavy (non-hydrogen) atoms. The summed E-state index contributed by atoms with van der Waals surface area (Å²) in [5.41, 5.74) is 5.05. The van der Waals surface area contributed by atoms with Crippen LogP contribution in [0.2, 0.25) is 6.32 Å². The fourth-order valence-corrected chi connectivity index (χ4v) is 2.94. The zero-order chi connectivity index (χ0) is 15.0. The van der Waals surface area contributed by atoms with Gasteiger partial charge in [0.25, 0.3) is 0 Å². The quantitative estimate of drug-likeness (QED) is 0.451. The van der Waals surface area contributed by atoms with Crippen LogP contribution >= 0.6 is 0 Å². The van der Waals surface area contributed by atoms with Gasteiger partial charge >= 0.3 is 5.97 Å².